The van der Waals surface area contributed by atoms with Crippen molar-refractivity contribution in [3.05, 3.63) is 31.0 Å². The van der Waals surface area contributed by atoms with Crippen molar-refractivity contribution in [3.8, 4) is 11.4 Å². The molecule has 0 amide bonds. The monoisotopic (exact) mass is 417 g/mol. The molecule has 2 atom stereocenters. The van der Waals surface area contributed by atoms with E-state index in [1.807, 2.05) is 30.1 Å². The molecule has 3 aliphatic carbocycles. The molecule has 3 N–H and O–H groups in total. The van der Waals surface area contributed by atoms with Crippen LogP contribution in [0.15, 0.2) is 31.0 Å². The van der Waals surface area contributed by atoms with Crippen molar-refractivity contribution in [1.82, 2.24) is 29.5 Å². The molecule has 0 unspecified atom stereocenters. The number of rotatable bonds is 4. The molecule has 0 radical (unpaired) electrons. The van der Waals surface area contributed by atoms with Crippen molar-refractivity contribution in [2.75, 3.05) is 5.32 Å². The lowest BCUT2D eigenvalue weighted by Crippen LogP contribution is -2.51. The predicted octanol–water partition coefficient (Wildman–Crippen LogP) is 3.21. The summed E-state index contributed by atoms with van der Waals surface area (Å²) in [7, 11) is 1.95. The average molecular weight is 417 g/mol. The third-order valence-electron chi connectivity index (χ3n) is 7.13. The zero-order valence-corrected chi connectivity index (χ0v) is 17.1. The minimum atomic E-state index is -0.709. The molecule has 9 heteroatoms. The van der Waals surface area contributed by atoms with E-state index in [0.717, 1.165) is 53.3 Å². The van der Waals surface area contributed by atoms with E-state index < -0.39 is 5.97 Å². The molecule has 2 bridgehead atoms. The summed E-state index contributed by atoms with van der Waals surface area (Å²) < 4.78 is 1.96. The molecule has 0 spiro atoms. The highest BCUT2D eigenvalue weighted by molar-refractivity contribution is 5.94. The van der Waals surface area contributed by atoms with Crippen LogP contribution in [0.5, 0.6) is 0 Å². The minimum absolute atomic E-state index is 0.123. The fourth-order valence-electron chi connectivity index (χ4n) is 5.58. The van der Waals surface area contributed by atoms with Gasteiger partial charge in [-0.3, -0.25) is 4.79 Å². The Balaban J connectivity index is 1.48. The van der Waals surface area contributed by atoms with E-state index in [4.69, 9.17) is 9.97 Å². The number of aromatic nitrogens is 6. The zero-order valence-electron chi connectivity index (χ0n) is 17.1. The fraction of sp³-hybridized carbons (Fsp3) is 0.409. The number of nitrogens with zero attached hydrogens (tertiary/aromatic N) is 5. The Labute approximate surface area is 178 Å². The van der Waals surface area contributed by atoms with Gasteiger partial charge in [0.2, 0.25) is 0 Å². The summed E-state index contributed by atoms with van der Waals surface area (Å²) in [6.07, 6.45) is 11.2. The first-order valence-corrected chi connectivity index (χ1v) is 10.7. The van der Waals surface area contributed by atoms with Gasteiger partial charge in [-0.25, -0.2) is 19.9 Å². The number of carbonyl (C=O) groups is 1. The molecule has 4 heterocycles. The molecule has 31 heavy (non-hydrogen) atoms. The summed E-state index contributed by atoms with van der Waals surface area (Å²) in [5.41, 5.74) is 2.35. The highest BCUT2D eigenvalue weighted by Crippen LogP contribution is 2.46. The number of H-pyrrole nitrogens is 1. The van der Waals surface area contributed by atoms with Gasteiger partial charge in [-0.05, 0) is 43.6 Å². The maximum absolute atomic E-state index is 12.1. The van der Waals surface area contributed by atoms with Gasteiger partial charge >= 0.3 is 5.97 Å². The maximum Gasteiger partial charge on any atom is 0.308 e. The standard InChI is InChI=1S/C22H23N7O2/c1-29-7-6-13-19(26-17-12-4-2-11(3-5-12)16(17)22(30)31)27-20(28-21(13)29)15-9-24-18-14(15)8-23-10-25-18/h6-12,16-17H,2-5H2,1H3,(H,30,31)(H,23,24,25)(H,26,27,28)/t11?,12?,16-,17-/m1/s1. The summed E-state index contributed by atoms with van der Waals surface area (Å²) in [4.78, 5) is 33.3. The Hall–Kier alpha value is -3.49. The van der Waals surface area contributed by atoms with Crippen LogP contribution in [-0.2, 0) is 11.8 Å². The molecule has 0 aliphatic heterocycles. The van der Waals surface area contributed by atoms with Gasteiger partial charge in [0.25, 0.3) is 0 Å². The number of hydrogen-bond acceptors (Lipinski definition) is 6. The number of fused-ring (bicyclic) bond motifs is 5. The van der Waals surface area contributed by atoms with E-state index in [2.05, 4.69) is 20.3 Å². The maximum atomic E-state index is 12.1. The van der Waals surface area contributed by atoms with Crippen molar-refractivity contribution in [2.24, 2.45) is 24.8 Å². The number of nitrogens with one attached hydrogen (secondary N) is 2. The first-order valence-electron chi connectivity index (χ1n) is 10.7. The lowest BCUT2D eigenvalue weighted by Gasteiger charge is -2.47. The van der Waals surface area contributed by atoms with Gasteiger partial charge in [0.1, 0.15) is 23.4 Å². The molecule has 4 aromatic rings. The highest BCUT2D eigenvalue weighted by Gasteiger charge is 2.47. The van der Waals surface area contributed by atoms with Crippen LogP contribution < -0.4 is 5.32 Å². The number of aromatic amines is 1. The fourth-order valence-corrected chi connectivity index (χ4v) is 5.58. The molecule has 4 aromatic heterocycles. The van der Waals surface area contributed by atoms with Gasteiger partial charge in [0, 0.05) is 42.6 Å². The second kappa shape index (κ2) is 6.76. The van der Waals surface area contributed by atoms with Crippen molar-refractivity contribution in [2.45, 2.75) is 31.7 Å². The van der Waals surface area contributed by atoms with Crippen LogP contribution in [0, 0.1) is 17.8 Å². The van der Waals surface area contributed by atoms with Gasteiger partial charge in [0.05, 0.1) is 11.3 Å². The number of aryl methyl sites for hydroxylation is 1. The van der Waals surface area contributed by atoms with Crippen LogP contribution in [-0.4, -0.2) is 46.6 Å². The Bertz CT molecular complexity index is 1300. The summed E-state index contributed by atoms with van der Waals surface area (Å²) in [5.74, 6) is 0.745. The van der Waals surface area contributed by atoms with Gasteiger partial charge in [0.15, 0.2) is 5.82 Å². The first-order chi connectivity index (χ1) is 15.1. The van der Waals surface area contributed by atoms with Gasteiger partial charge in [-0.2, -0.15) is 0 Å². The minimum Gasteiger partial charge on any atom is -0.481 e. The molecule has 3 fully saturated rings. The number of hydrogen-bond donors (Lipinski definition) is 3. The third kappa shape index (κ3) is 2.79. The SMILES string of the molecule is Cn1ccc2c(N[C@@H]3C4CCC(CC4)[C@H]3C(=O)O)nc(-c3c[nH]c4ncncc34)nc21. The molecule has 0 aromatic carbocycles. The molecule has 3 saturated carbocycles. The molecular weight excluding hydrogens is 394 g/mol. The third-order valence-corrected chi connectivity index (χ3v) is 7.13. The lowest BCUT2D eigenvalue weighted by atomic mass is 9.61. The normalized spacial score (nSPS) is 25.3. The quantitative estimate of drug-likeness (QED) is 0.466. The summed E-state index contributed by atoms with van der Waals surface area (Å²) in [5, 5.41) is 15.3. The van der Waals surface area contributed by atoms with E-state index in [9.17, 15) is 9.90 Å². The van der Waals surface area contributed by atoms with Crippen LogP contribution in [0.4, 0.5) is 5.82 Å². The molecule has 158 valence electrons. The van der Waals surface area contributed by atoms with E-state index >= 15 is 0 Å². The largest absolute Gasteiger partial charge is 0.481 e. The van der Waals surface area contributed by atoms with Gasteiger partial charge in [-0.15, -0.1) is 0 Å². The van der Waals surface area contributed by atoms with Crippen LogP contribution in [0.1, 0.15) is 25.7 Å². The number of carboxylic acid groups (broad SMARTS) is 1. The Morgan fingerprint density at radius 1 is 1.19 bits per heavy atom. The van der Waals surface area contributed by atoms with Crippen LogP contribution in [0.3, 0.4) is 0 Å². The van der Waals surface area contributed by atoms with Crippen molar-refractivity contribution < 1.29 is 9.90 Å². The molecule has 7 rings (SSSR count). The zero-order chi connectivity index (χ0) is 21.1. The topological polar surface area (TPSA) is 122 Å². The molecule has 3 aliphatic rings. The first kappa shape index (κ1) is 18.3. The Kier molecular flexibility index (Phi) is 3.99. The van der Waals surface area contributed by atoms with Crippen molar-refractivity contribution >= 4 is 33.9 Å². The summed E-state index contributed by atoms with van der Waals surface area (Å²) in [6.45, 7) is 0. The predicted molar refractivity (Wildman–Crippen MR) is 115 cm³/mol. The van der Waals surface area contributed by atoms with E-state index in [0.29, 0.717) is 17.6 Å². The second-order valence-electron chi connectivity index (χ2n) is 8.76. The van der Waals surface area contributed by atoms with Crippen LogP contribution in [0.2, 0.25) is 0 Å². The van der Waals surface area contributed by atoms with Crippen molar-refractivity contribution in [1.29, 1.82) is 0 Å². The van der Waals surface area contributed by atoms with Gasteiger partial charge in [-0.1, -0.05) is 0 Å². The van der Waals surface area contributed by atoms with E-state index in [1.165, 1.54) is 6.33 Å². The Morgan fingerprint density at radius 3 is 2.81 bits per heavy atom. The van der Waals surface area contributed by atoms with Crippen LogP contribution in [0.25, 0.3) is 33.5 Å². The Morgan fingerprint density at radius 2 is 2.00 bits per heavy atom. The summed E-state index contributed by atoms with van der Waals surface area (Å²) in [6, 6.07) is 1.86. The second-order valence-corrected chi connectivity index (χ2v) is 8.76. The van der Waals surface area contributed by atoms with Gasteiger partial charge < -0.3 is 20.0 Å². The number of carboxylic acids is 1. The average Bonchev–Trinajstić information content (AvgIpc) is 3.38. The molecule has 0 saturated heterocycles. The number of aliphatic carboxylic acids is 1. The lowest BCUT2D eigenvalue weighted by molar-refractivity contribution is -0.148. The van der Waals surface area contributed by atoms with E-state index in [1.54, 1.807) is 6.20 Å². The molecule has 9 nitrogen and oxygen atoms in total. The molecular formula is C22H23N7O2. The smallest absolute Gasteiger partial charge is 0.308 e. The van der Waals surface area contributed by atoms with E-state index in [-0.39, 0.29) is 17.9 Å². The highest BCUT2D eigenvalue weighted by atomic mass is 16.4. The summed E-state index contributed by atoms with van der Waals surface area (Å²) >= 11 is 0. The number of anilines is 1. The van der Waals surface area contributed by atoms with Crippen LogP contribution >= 0.6 is 0 Å². The van der Waals surface area contributed by atoms with Crippen molar-refractivity contribution in [3.63, 3.8) is 0 Å².